The minimum atomic E-state index is -0.538. The van der Waals surface area contributed by atoms with Gasteiger partial charge in [-0.15, -0.1) is 0 Å². The molecule has 2 aromatic carbocycles. The van der Waals surface area contributed by atoms with Crippen LogP contribution in [0.3, 0.4) is 0 Å². The summed E-state index contributed by atoms with van der Waals surface area (Å²) in [7, 11) is 7.04. The fourth-order valence-corrected chi connectivity index (χ4v) is 5.20. The zero-order chi connectivity index (χ0) is 28.2. The summed E-state index contributed by atoms with van der Waals surface area (Å²) < 4.78 is 31.5. The molecular weight excluding hydrogens is 533 g/mol. The predicted molar refractivity (Wildman–Crippen MR) is 157 cm³/mol. The second-order valence-corrected chi connectivity index (χ2v) is 10.4. The molecule has 3 heterocycles. The first-order chi connectivity index (χ1) is 19.4. The molecule has 0 aliphatic carbocycles. The van der Waals surface area contributed by atoms with E-state index in [1.54, 1.807) is 20.4 Å². The number of halogens is 2. The number of fused-ring (bicyclic) bond motifs is 1. The van der Waals surface area contributed by atoms with E-state index in [0.717, 1.165) is 52.5 Å². The van der Waals surface area contributed by atoms with Crippen molar-refractivity contribution in [2.75, 3.05) is 64.8 Å². The third-order valence-electron chi connectivity index (χ3n) is 7.02. The van der Waals surface area contributed by atoms with Gasteiger partial charge in [-0.2, -0.15) is 0 Å². The highest BCUT2D eigenvalue weighted by atomic mass is 35.5. The third-order valence-corrected chi connectivity index (χ3v) is 7.37. The number of benzene rings is 2. The molecule has 1 aliphatic rings. The van der Waals surface area contributed by atoms with Crippen LogP contribution in [0.4, 0.5) is 21.6 Å². The summed E-state index contributed by atoms with van der Waals surface area (Å²) in [5, 5.41) is 4.93. The molecule has 0 amide bonds. The van der Waals surface area contributed by atoms with E-state index in [0.29, 0.717) is 36.3 Å². The van der Waals surface area contributed by atoms with Crippen LogP contribution in [0.5, 0.6) is 17.4 Å². The predicted octanol–water partition coefficient (Wildman–Crippen LogP) is 6.12. The van der Waals surface area contributed by atoms with Crippen molar-refractivity contribution in [1.82, 2.24) is 14.9 Å². The van der Waals surface area contributed by atoms with Gasteiger partial charge in [0.15, 0.2) is 17.3 Å². The third kappa shape index (κ3) is 6.00. The van der Waals surface area contributed by atoms with Crippen LogP contribution in [0.25, 0.3) is 10.9 Å². The van der Waals surface area contributed by atoms with Crippen LogP contribution in [-0.2, 0) is 0 Å². The summed E-state index contributed by atoms with van der Waals surface area (Å²) in [5.41, 5.74) is 3.09. The van der Waals surface area contributed by atoms with Crippen molar-refractivity contribution in [1.29, 1.82) is 0 Å². The average Bonchev–Trinajstić information content (AvgIpc) is 3.43. The van der Waals surface area contributed by atoms with Gasteiger partial charge in [-0.3, -0.25) is 0 Å². The van der Waals surface area contributed by atoms with Crippen LogP contribution < -0.4 is 24.4 Å². The Kier molecular flexibility index (Phi) is 8.42. The molecule has 1 saturated heterocycles. The SMILES string of the molecule is COc1cc2nc(N3CCC(c4ccccc4Cl)C3)cc(Nc3cnc(OCCN(C)C)c(F)c3)c2cc1OC. The van der Waals surface area contributed by atoms with Crippen LogP contribution in [-0.4, -0.2) is 69.4 Å². The van der Waals surface area contributed by atoms with Gasteiger partial charge in [-0.1, -0.05) is 29.8 Å². The second kappa shape index (κ2) is 12.1. The Morgan fingerprint density at radius 2 is 1.88 bits per heavy atom. The standard InChI is InChI=1S/C30H33ClFN5O3/c1-36(2)11-12-40-30-24(32)13-20(17-33-30)34-26-16-29(35-25-15-28(39-4)27(38-3)14-22(25)26)37-10-9-19(18-37)21-7-5-6-8-23(21)31/h5-8,13-17,19H,9-12,18H2,1-4H3,(H,34,35). The molecule has 10 heteroatoms. The van der Waals surface area contributed by atoms with Crippen molar-refractivity contribution < 1.29 is 18.6 Å². The number of methoxy groups -OCH3 is 2. The van der Waals surface area contributed by atoms with Crippen molar-refractivity contribution in [3.8, 4) is 17.4 Å². The van der Waals surface area contributed by atoms with Crippen molar-refractivity contribution in [2.24, 2.45) is 0 Å². The Hall–Kier alpha value is -3.82. The number of nitrogens with one attached hydrogen (secondary N) is 1. The Morgan fingerprint density at radius 1 is 1.10 bits per heavy atom. The molecule has 0 spiro atoms. The smallest absolute Gasteiger partial charge is 0.250 e. The highest BCUT2D eigenvalue weighted by molar-refractivity contribution is 6.31. The topological polar surface area (TPSA) is 72.0 Å². The van der Waals surface area contributed by atoms with E-state index in [9.17, 15) is 4.39 Å². The summed E-state index contributed by atoms with van der Waals surface area (Å²) in [4.78, 5) is 13.4. The van der Waals surface area contributed by atoms with Gasteiger partial charge in [0.2, 0.25) is 0 Å². The van der Waals surface area contributed by atoms with Gasteiger partial charge in [0.05, 0.1) is 37.3 Å². The molecule has 8 nitrogen and oxygen atoms in total. The van der Waals surface area contributed by atoms with Gasteiger partial charge < -0.3 is 29.3 Å². The molecule has 4 aromatic rings. The molecule has 2 aromatic heterocycles. The molecule has 1 unspecified atom stereocenters. The summed E-state index contributed by atoms with van der Waals surface area (Å²) in [6, 6.07) is 15.1. The van der Waals surface area contributed by atoms with Crippen LogP contribution in [0.2, 0.25) is 5.02 Å². The Labute approximate surface area is 238 Å². The molecule has 1 atom stereocenters. The van der Waals surface area contributed by atoms with E-state index in [1.165, 1.54) is 6.07 Å². The maximum absolute atomic E-state index is 14.9. The van der Waals surface area contributed by atoms with E-state index in [1.807, 2.05) is 55.4 Å². The summed E-state index contributed by atoms with van der Waals surface area (Å²) in [6.45, 7) is 2.61. The van der Waals surface area contributed by atoms with E-state index < -0.39 is 5.82 Å². The number of anilines is 3. The van der Waals surface area contributed by atoms with Gasteiger partial charge >= 0.3 is 0 Å². The number of hydrogen-bond acceptors (Lipinski definition) is 8. The molecule has 40 heavy (non-hydrogen) atoms. The van der Waals surface area contributed by atoms with Crippen molar-refractivity contribution in [2.45, 2.75) is 12.3 Å². The fourth-order valence-electron chi connectivity index (χ4n) is 4.91. The molecular formula is C30H33ClFN5O3. The minimum absolute atomic E-state index is 0.0261. The molecule has 1 N–H and O–H groups in total. The zero-order valence-corrected chi connectivity index (χ0v) is 23.8. The molecule has 0 saturated carbocycles. The summed E-state index contributed by atoms with van der Waals surface area (Å²) >= 11 is 6.50. The maximum atomic E-state index is 14.9. The number of pyridine rings is 2. The number of ether oxygens (including phenoxy) is 3. The lowest BCUT2D eigenvalue weighted by Gasteiger charge is -2.21. The first kappa shape index (κ1) is 27.7. The highest BCUT2D eigenvalue weighted by Gasteiger charge is 2.27. The van der Waals surface area contributed by atoms with Crippen molar-refractivity contribution in [3.05, 3.63) is 71.1 Å². The second-order valence-electron chi connectivity index (χ2n) is 9.99. The van der Waals surface area contributed by atoms with Gasteiger partial charge in [0.25, 0.3) is 5.88 Å². The van der Waals surface area contributed by atoms with Gasteiger partial charge in [-0.25, -0.2) is 14.4 Å². The zero-order valence-electron chi connectivity index (χ0n) is 23.1. The number of rotatable bonds is 10. The maximum Gasteiger partial charge on any atom is 0.250 e. The molecule has 0 radical (unpaired) electrons. The fraction of sp³-hybridized carbons (Fsp3) is 0.333. The van der Waals surface area contributed by atoms with E-state index in [-0.39, 0.29) is 5.88 Å². The van der Waals surface area contributed by atoms with E-state index >= 15 is 0 Å². The lowest BCUT2D eigenvalue weighted by atomic mass is 9.98. The van der Waals surface area contributed by atoms with Crippen molar-refractivity contribution in [3.63, 3.8) is 0 Å². The average molecular weight is 566 g/mol. The number of hydrogen-bond donors (Lipinski definition) is 1. The van der Waals surface area contributed by atoms with E-state index in [4.69, 9.17) is 30.8 Å². The van der Waals surface area contributed by atoms with Gasteiger partial charge in [0.1, 0.15) is 12.4 Å². The first-order valence-electron chi connectivity index (χ1n) is 13.1. The minimum Gasteiger partial charge on any atom is -0.493 e. The monoisotopic (exact) mass is 565 g/mol. The number of aromatic nitrogens is 2. The molecule has 210 valence electrons. The first-order valence-corrected chi connectivity index (χ1v) is 13.5. The lowest BCUT2D eigenvalue weighted by molar-refractivity contribution is 0.244. The summed E-state index contributed by atoms with van der Waals surface area (Å²) in [6.07, 6.45) is 2.52. The normalized spacial score (nSPS) is 15.1. The molecule has 0 bridgehead atoms. The quantitative estimate of drug-likeness (QED) is 0.247. The van der Waals surface area contributed by atoms with Crippen LogP contribution >= 0.6 is 11.6 Å². The molecule has 5 rings (SSSR count). The lowest BCUT2D eigenvalue weighted by Crippen LogP contribution is -2.20. The van der Waals surface area contributed by atoms with Gasteiger partial charge in [-0.05, 0) is 38.2 Å². The largest absolute Gasteiger partial charge is 0.493 e. The van der Waals surface area contributed by atoms with Crippen LogP contribution in [0.1, 0.15) is 17.9 Å². The van der Waals surface area contributed by atoms with Crippen LogP contribution in [0, 0.1) is 5.82 Å². The molecule has 1 fully saturated rings. The Bertz CT molecular complexity index is 1500. The Balaban J connectivity index is 1.48. The van der Waals surface area contributed by atoms with Crippen molar-refractivity contribution >= 4 is 39.7 Å². The highest BCUT2D eigenvalue weighted by Crippen LogP contribution is 2.40. The number of nitrogens with zero attached hydrogens (tertiary/aromatic N) is 4. The Morgan fingerprint density at radius 3 is 2.60 bits per heavy atom. The number of likely N-dealkylation sites (N-methyl/N-ethyl adjacent to an activating group) is 1. The summed E-state index contributed by atoms with van der Waals surface area (Å²) in [5.74, 6) is 1.68. The van der Waals surface area contributed by atoms with E-state index in [2.05, 4.69) is 21.3 Å². The van der Waals surface area contributed by atoms with Gasteiger partial charge in [0, 0.05) is 54.2 Å². The van der Waals surface area contributed by atoms with Crippen LogP contribution in [0.15, 0.2) is 54.7 Å². The molecule has 1 aliphatic heterocycles.